The van der Waals surface area contributed by atoms with Crippen LogP contribution in [-0.2, 0) is 9.59 Å². The van der Waals surface area contributed by atoms with Crippen LogP contribution in [0.5, 0.6) is 0 Å². The quantitative estimate of drug-likeness (QED) is 0.708. The van der Waals surface area contributed by atoms with Crippen LogP contribution in [-0.4, -0.2) is 39.6 Å². The average Bonchev–Trinajstić information content (AvgIpc) is 2.18. The molecule has 1 unspecified atom stereocenters. The maximum atomic E-state index is 11.5. The molecule has 0 saturated heterocycles. The average molecular weight is 233 g/mol. The standard InChI is InChI=1S/C8H11NO3S2/c10-7(1-3-13)9-5-14-4-2-6(9)8(11)12/h2,4,6,13H,1,3,5H2,(H,11,12). The highest BCUT2D eigenvalue weighted by Gasteiger charge is 2.28. The van der Waals surface area contributed by atoms with Crippen molar-refractivity contribution in [1.29, 1.82) is 0 Å². The Balaban J connectivity index is 2.70. The highest BCUT2D eigenvalue weighted by atomic mass is 32.2. The fraction of sp³-hybridized carbons (Fsp3) is 0.500. The molecule has 1 atom stereocenters. The van der Waals surface area contributed by atoms with Gasteiger partial charge in [0.05, 0.1) is 5.88 Å². The molecule has 1 heterocycles. The van der Waals surface area contributed by atoms with Gasteiger partial charge in [0.1, 0.15) is 6.04 Å². The number of amides is 1. The van der Waals surface area contributed by atoms with Gasteiger partial charge in [-0.2, -0.15) is 12.6 Å². The first-order valence-electron chi connectivity index (χ1n) is 4.08. The van der Waals surface area contributed by atoms with Gasteiger partial charge in [-0.05, 0) is 17.2 Å². The molecule has 1 aliphatic heterocycles. The summed E-state index contributed by atoms with van der Waals surface area (Å²) in [5, 5.41) is 10.6. The molecule has 1 N–H and O–H groups in total. The van der Waals surface area contributed by atoms with Crippen molar-refractivity contribution in [2.24, 2.45) is 0 Å². The zero-order valence-corrected chi connectivity index (χ0v) is 9.13. The van der Waals surface area contributed by atoms with Gasteiger partial charge in [0.25, 0.3) is 0 Å². The number of nitrogens with zero attached hydrogens (tertiary/aromatic N) is 1. The van der Waals surface area contributed by atoms with Crippen LogP contribution in [0.4, 0.5) is 0 Å². The zero-order valence-electron chi connectivity index (χ0n) is 7.42. The van der Waals surface area contributed by atoms with Crippen LogP contribution in [0.1, 0.15) is 6.42 Å². The van der Waals surface area contributed by atoms with E-state index in [0.29, 0.717) is 11.6 Å². The van der Waals surface area contributed by atoms with Crippen molar-refractivity contribution in [2.45, 2.75) is 12.5 Å². The van der Waals surface area contributed by atoms with Crippen LogP contribution in [0, 0.1) is 0 Å². The molecule has 0 spiro atoms. The summed E-state index contributed by atoms with van der Waals surface area (Å²) in [6.07, 6.45) is 1.80. The Labute approximate surface area is 91.8 Å². The predicted molar refractivity (Wildman–Crippen MR) is 58.3 cm³/mol. The molecule has 6 heteroatoms. The van der Waals surface area contributed by atoms with Gasteiger partial charge in [0.2, 0.25) is 5.91 Å². The first kappa shape index (κ1) is 11.5. The normalized spacial score (nSPS) is 20.9. The summed E-state index contributed by atoms with van der Waals surface area (Å²) in [4.78, 5) is 23.6. The summed E-state index contributed by atoms with van der Waals surface area (Å²) >= 11 is 5.36. The maximum Gasteiger partial charge on any atom is 0.330 e. The first-order valence-corrected chi connectivity index (χ1v) is 5.76. The number of thioether (sulfide) groups is 1. The van der Waals surface area contributed by atoms with Gasteiger partial charge >= 0.3 is 5.97 Å². The van der Waals surface area contributed by atoms with E-state index in [1.807, 2.05) is 0 Å². The van der Waals surface area contributed by atoms with E-state index in [0.717, 1.165) is 0 Å². The molecule has 1 rings (SSSR count). The van der Waals surface area contributed by atoms with Gasteiger partial charge in [0.15, 0.2) is 0 Å². The lowest BCUT2D eigenvalue weighted by atomic mass is 10.2. The van der Waals surface area contributed by atoms with Crippen molar-refractivity contribution >= 4 is 36.3 Å². The number of carbonyl (C=O) groups excluding carboxylic acids is 1. The fourth-order valence-corrected chi connectivity index (χ4v) is 2.12. The molecule has 0 aromatic heterocycles. The van der Waals surface area contributed by atoms with Gasteiger partial charge in [0, 0.05) is 6.42 Å². The van der Waals surface area contributed by atoms with E-state index in [-0.39, 0.29) is 12.3 Å². The first-order chi connectivity index (χ1) is 6.66. The van der Waals surface area contributed by atoms with E-state index >= 15 is 0 Å². The topological polar surface area (TPSA) is 57.6 Å². The highest BCUT2D eigenvalue weighted by molar-refractivity contribution is 8.02. The summed E-state index contributed by atoms with van der Waals surface area (Å²) in [5.41, 5.74) is 0. The summed E-state index contributed by atoms with van der Waals surface area (Å²) in [7, 11) is 0. The zero-order chi connectivity index (χ0) is 10.6. The second-order valence-electron chi connectivity index (χ2n) is 2.74. The highest BCUT2D eigenvalue weighted by Crippen LogP contribution is 2.18. The molecule has 0 aromatic carbocycles. The molecule has 0 bridgehead atoms. The summed E-state index contributed by atoms with van der Waals surface area (Å²) < 4.78 is 0. The SMILES string of the molecule is O=C(O)C1C=CSCN1C(=O)CCS. The van der Waals surface area contributed by atoms with E-state index in [1.165, 1.54) is 22.7 Å². The minimum Gasteiger partial charge on any atom is -0.479 e. The number of hydrogen-bond acceptors (Lipinski definition) is 4. The number of carbonyl (C=O) groups is 2. The lowest BCUT2D eigenvalue weighted by Crippen LogP contribution is -2.45. The lowest BCUT2D eigenvalue weighted by molar-refractivity contribution is -0.147. The van der Waals surface area contributed by atoms with Crippen molar-refractivity contribution in [3.8, 4) is 0 Å². The van der Waals surface area contributed by atoms with Gasteiger partial charge < -0.3 is 10.0 Å². The number of hydrogen-bond donors (Lipinski definition) is 2. The number of aliphatic carboxylic acids is 1. The Hall–Kier alpha value is -0.620. The Bertz CT molecular complexity index is 267. The van der Waals surface area contributed by atoms with Crippen LogP contribution < -0.4 is 0 Å². The second-order valence-corrected chi connectivity index (χ2v) is 4.06. The van der Waals surface area contributed by atoms with Crippen LogP contribution in [0.15, 0.2) is 11.5 Å². The van der Waals surface area contributed by atoms with Crippen LogP contribution in [0.2, 0.25) is 0 Å². The van der Waals surface area contributed by atoms with Crippen LogP contribution >= 0.6 is 24.4 Å². The van der Waals surface area contributed by atoms with E-state index in [2.05, 4.69) is 12.6 Å². The summed E-state index contributed by atoms with van der Waals surface area (Å²) in [6, 6.07) is -0.816. The van der Waals surface area contributed by atoms with E-state index in [1.54, 1.807) is 5.41 Å². The smallest absolute Gasteiger partial charge is 0.330 e. The molecule has 14 heavy (non-hydrogen) atoms. The lowest BCUT2D eigenvalue weighted by Gasteiger charge is -2.28. The van der Waals surface area contributed by atoms with Gasteiger partial charge in [-0.15, -0.1) is 11.8 Å². The third-order valence-corrected chi connectivity index (χ3v) is 2.81. The summed E-state index contributed by atoms with van der Waals surface area (Å²) in [5.74, 6) is -0.311. The molecule has 0 saturated carbocycles. The van der Waals surface area contributed by atoms with Crippen molar-refractivity contribution in [2.75, 3.05) is 11.6 Å². The Morgan fingerprint density at radius 2 is 2.36 bits per heavy atom. The third kappa shape index (κ3) is 2.68. The molecule has 0 aromatic rings. The van der Waals surface area contributed by atoms with Crippen molar-refractivity contribution in [3.05, 3.63) is 11.5 Å². The number of thiol groups is 1. The van der Waals surface area contributed by atoms with Gasteiger partial charge in [-0.25, -0.2) is 4.79 Å². The predicted octanol–water partition coefficient (Wildman–Crippen LogP) is 0.806. The molecule has 0 radical (unpaired) electrons. The van der Waals surface area contributed by atoms with E-state index in [9.17, 15) is 9.59 Å². The van der Waals surface area contributed by atoms with Crippen LogP contribution in [0.3, 0.4) is 0 Å². The Kier molecular flexibility index (Phi) is 4.34. The molecule has 0 fully saturated rings. The summed E-state index contributed by atoms with van der Waals surface area (Å²) in [6.45, 7) is 0. The molecule has 78 valence electrons. The van der Waals surface area contributed by atoms with Crippen molar-refractivity contribution in [1.82, 2.24) is 4.90 Å². The molecule has 4 nitrogen and oxygen atoms in total. The fourth-order valence-electron chi connectivity index (χ4n) is 1.12. The van der Waals surface area contributed by atoms with Gasteiger partial charge in [-0.3, -0.25) is 4.79 Å². The third-order valence-electron chi connectivity index (χ3n) is 1.81. The van der Waals surface area contributed by atoms with E-state index < -0.39 is 12.0 Å². The second kappa shape index (κ2) is 5.31. The Morgan fingerprint density at radius 1 is 1.64 bits per heavy atom. The number of carboxylic acids is 1. The largest absolute Gasteiger partial charge is 0.479 e. The van der Waals surface area contributed by atoms with Crippen molar-refractivity contribution in [3.63, 3.8) is 0 Å². The molecule has 1 aliphatic rings. The maximum absolute atomic E-state index is 11.5. The number of carboxylic acid groups (broad SMARTS) is 1. The molecular formula is C8H11NO3S2. The minimum atomic E-state index is -0.992. The molecular weight excluding hydrogens is 222 g/mol. The van der Waals surface area contributed by atoms with Crippen LogP contribution in [0.25, 0.3) is 0 Å². The number of rotatable bonds is 3. The minimum absolute atomic E-state index is 0.163. The van der Waals surface area contributed by atoms with Crippen molar-refractivity contribution < 1.29 is 14.7 Å². The molecule has 0 aliphatic carbocycles. The molecule has 1 amide bonds. The van der Waals surface area contributed by atoms with E-state index in [4.69, 9.17) is 5.11 Å². The monoisotopic (exact) mass is 233 g/mol. The Morgan fingerprint density at radius 3 is 2.93 bits per heavy atom. The van der Waals surface area contributed by atoms with Gasteiger partial charge in [-0.1, -0.05) is 0 Å².